The first-order chi connectivity index (χ1) is 10.6. The third kappa shape index (κ3) is 3.04. The number of hydrogen-bond donors (Lipinski definition) is 1. The van der Waals surface area contributed by atoms with E-state index in [0.717, 1.165) is 25.4 Å². The molecule has 23 heavy (non-hydrogen) atoms. The van der Waals surface area contributed by atoms with Crippen LogP contribution in [0.5, 0.6) is 0 Å². The second kappa shape index (κ2) is 5.34. The Balaban J connectivity index is 1.91. The molecule has 2 aliphatic heterocycles. The average molecular weight is 329 g/mol. The van der Waals surface area contributed by atoms with Crippen LogP contribution in [0.1, 0.15) is 44.4 Å². The van der Waals surface area contributed by atoms with E-state index in [-0.39, 0.29) is 11.6 Å². The summed E-state index contributed by atoms with van der Waals surface area (Å²) in [5.41, 5.74) is -0.479. The van der Waals surface area contributed by atoms with Gasteiger partial charge in [0.1, 0.15) is 5.82 Å². The summed E-state index contributed by atoms with van der Waals surface area (Å²) in [7, 11) is 0. The van der Waals surface area contributed by atoms with Crippen molar-refractivity contribution in [3.05, 3.63) is 23.4 Å². The normalized spacial score (nSPS) is 26.0. The van der Waals surface area contributed by atoms with Gasteiger partial charge in [0, 0.05) is 43.0 Å². The predicted octanol–water partition coefficient (Wildman–Crippen LogP) is 2.83. The highest BCUT2D eigenvalue weighted by atomic mass is 19.4. The van der Waals surface area contributed by atoms with Crippen molar-refractivity contribution in [3.63, 3.8) is 0 Å². The van der Waals surface area contributed by atoms with Crippen molar-refractivity contribution < 1.29 is 18.3 Å². The maximum absolute atomic E-state index is 12.9. The standard InChI is InChI=1S/C16H22F3N3O/c1-15(2,3)21-4-5-22-11(9-21)7-13(23)12-6-10(16(17,18)19)8-20-14(12)22/h6,8,11,13,23H,4-5,7,9H2,1-3H3. The zero-order valence-corrected chi connectivity index (χ0v) is 13.6. The molecule has 2 unspecified atom stereocenters. The van der Waals surface area contributed by atoms with Crippen LogP contribution < -0.4 is 4.90 Å². The lowest BCUT2D eigenvalue weighted by atomic mass is 9.91. The highest BCUT2D eigenvalue weighted by molar-refractivity contribution is 5.53. The molecule has 0 spiro atoms. The first-order valence-corrected chi connectivity index (χ1v) is 7.84. The number of alkyl halides is 3. The van der Waals surface area contributed by atoms with Crippen molar-refractivity contribution in [2.24, 2.45) is 0 Å². The molecular formula is C16H22F3N3O. The molecule has 1 fully saturated rings. The second-order valence-corrected chi connectivity index (χ2v) is 7.35. The van der Waals surface area contributed by atoms with Crippen molar-refractivity contribution in [1.29, 1.82) is 0 Å². The number of aliphatic hydroxyl groups excluding tert-OH is 1. The number of anilines is 1. The van der Waals surface area contributed by atoms with Crippen molar-refractivity contribution in [2.75, 3.05) is 24.5 Å². The number of rotatable bonds is 0. The Morgan fingerprint density at radius 2 is 1.91 bits per heavy atom. The molecule has 1 N–H and O–H groups in total. The minimum atomic E-state index is -4.44. The summed E-state index contributed by atoms with van der Waals surface area (Å²) in [4.78, 5) is 8.42. The van der Waals surface area contributed by atoms with Crippen molar-refractivity contribution >= 4 is 5.82 Å². The Kier molecular flexibility index (Phi) is 3.84. The summed E-state index contributed by atoms with van der Waals surface area (Å²) in [6, 6.07) is 1.12. The average Bonchev–Trinajstić information content (AvgIpc) is 2.44. The van der Waals surface area contributed by atoms with Gasteiger partial charge in [0.15, 0.2) is 0 Å². The lowest BCUT2D eigenvalue weighted by molar-refractivity contribution is -0.137. The van der Waals surface area contributed by atoms with Gasteiger partial charge in [0.05, 0.1) is 11.7 Å². The molecule has 0 saturated carbocycles. The van der Waals surface area contributed by atoms with Crippen molar-refractivity contribution in [1.82, 2.24) is 9.88 Å². The fourth-order valence-electron chi connectivity index (χ4n) is 3.44. The molecule has 3 heterocycles. The number of nitrogens with zero attached hydrogens (tertiary/aromatic N) is 3. The summed E-state index contributed by atoms with van der Waals surface area (Å²) in [6.07, 6.45) is -4.04. The van der Waals surface area contributed by atoms with E-state index in [2.05, 4.69) is 30.7 Å². The molecule has 2 atom stereocenters. The quantitative estimate of drug-likeness (QED) is 0.794. The van der Waals surface area contributed by atoms with Gasteiger partial charge in [0.25, 0.3) is 0 Å². The summed E-state index contributed by atoms with van der Waals surface area (Å²) in [5.74, 6) is 0.496. The Morgan fingerprint density at radius 3 is 2.52 bits per heavy atom. The van der Waals surface area contributed by atoms with Crippen LogP contribution in [0.4, 0.5) is 19.0 Å². The van der Waals surface area contributed by atoms with E-state index in [1.165, 1.54) is 0 Å². The number of aromatic nitrogens is 1. The number of fused-ring (bicyclic) bond motifs is 3. The van der Waals surface area contributed by atoms with E-state index >= 15 is 0 Å². The van der Waals surface area contributed by atoms with Crippen LogP contribution in [0.2, 0.25) is 0 Å². The van der Waals surface area contributed by atoms with Gasteiger partial charge in [-0.15, -0.1) is 0 Å². The van der Waals surface area contributed by atoms with E-state index < -0.39 is 17.8 Å². The van der Waals surface area contributed by atoms with Gasteiger partial charge in [-0.05, 0) is 33.3 Å². The van der Waals surface area contributed by atoms with Crippen molar-refractivity contribution in [2.45, 2.75) is 51.1 Å². The monoisotopic (exact) mass is 329 g/mol. The molecule has 3 rings (SSSR count). The number of halogens is 3. The van der Waals surface area contributed by atoms with Crippen LogP contribution >= 0.6 is 0 Å². The third-order valence-corrected chi connectivity index (χ3v) is 4.78. The zero-order chi connectivity index (χ0) is 17.0. The van der Waals surface area contributed by atoms with E-state index in [1.807, 2.05) is 4.90 Å². The molecule has 0 amide bonds. The Hall–Kier alpha value is -1.34. The van der Waals surface area contributed by atoms with E-state index in [4.69, 9.17) is 0 Å². The number of aliphatic hydroxyl groups is 1. The third-order valence-electron chi connectivity index (χ3n) is 4.78. The molecule has 0 aromatic carbocycles. The number of hydrogen-bond acceptors (Lipinski definition) is 4. The number of piperazine rings is 1. The Morgan fingerprint density at radius 1 is 1.22 bits per heavy atom. The smallest absolute Gasteiger partial charge is 0.388 e. The van der Waals surface area contributed by atoms with Gasteiger partial charge in [-0.3, -0.25) is 4.90 Å². The van der Waals surface area contributed by atoms with E-state index in [0.29, 0.717) is 24.3 Å². The van der Waals surface area contributed by atoms with Crippen molar-refractivity contribution in [3.8, 4) is 0 Å². The molecule has 128 valence electrons. The lowest BCUT2D eigenvalue weighted by Gasteiger charge is -2.50. The van der Waals surface area contributed by atoms with Gasteiger partial charge >= 0.3 is 6.18 Å². The molecule has 4 nitrogen and oxygen atoms in total. The van der Waals surface area contributed by atoms with Crippen LogP contribution in [0.25, 0.3) is 0 Å². The maximum Gasteiger partial charge on any atom is 0.417 e. The summed E-state index contributed by atoms with van der Waals surface area (Å²) in [6.45, 7) is 8.75. The van der Waals surface area contributed by atoms with Gasteiger partial charge in [-0.2, -0.15) is 13.2 Å². The first-order valence-electron chi connectivity index (χ1n) is 7.84. The van der Waals surface area contributed by atoms with Crippen LogP contribution in [0.15, 0.2) is 12.3 Å². The first kappa shape index (κ1) is 16.5. The van der Waals surface area contributed by atoms with E-state index in [1.54, 1.807) is 0 Å². The zero-order valence-electron chi connectivity index (χ0n) is 13.6. The van der Waals surface area contributed by atoms with Crippen LogP contribution in [0, 0.1) is 0 Å². The minimum absolute atomic E-state index is 0.0326. The molecule has 1 aromatic rings. The molecular weight excluding hydrogens is 307 g/mol. The predicted molar refractivity (Wildman–Crippen MR) is 81.3 cm³/mol. The minimum Gasteiger partial charge on any atom is -0.388 e. The molecule has 1 aromatic heterocycles. The van der Waals surface area contributed by atoms with Gasteiger partial charge < -0.3 is 10.0 Å². The Bertz CT molecular complexity index is 597. The maximum atomic E-state index is 12.9. The number of pyridine rings is 1. The SMILES string of the molecule is CC(C)(C)N1CCN2c3ncc(C(F)(F)F)cc3C(O)CC2C1. The molecule has 0 aliphatic carbocycles. The highest BCUT2D eigenvalue weighted by Crippen LogP contribution is 2.40. The summed E-state index contributed by atoms with van der Waals surface area (Å²) >= 11 is 0. The van der Waals surface area contributed by atoms with E-state index in [9.17, 15) is 18.3 Å². The molecule has 7 heteroatoms. The summed E-state index contributed by atoms with van der Waals surface area (Å²) in [5, 5.41) is 10.3. The van der Waals surface area contributed by atoms with Gasteiger partial charge in [-0.1, -0.05) is 0 Å². The van der Waals surface area contributed by atoms with Crippen LogP contribution in [-0.4, -0.2) is 46.2 Å². The fraction of sp³-hybridized carbons (Fsp3) is 0.688. The topological polar surface area (TPSA) is 39.6 Å². The van der Waals surface area contributed by atoms with Gasteiger partial charge in [0.2, 0.25) is 0 Å². The lowest BCUT2D eigenvalue weighted by Crippen LogP contribution is -2.60. The molecule has 1 saturated heterocycles. The van der Waals surface area contributed by atoms with Crippen LogP contribution in [-0.2, 0) is 6.18 Å². The fourth-order valence-corrected chi connectivity index (χ4v) is 3.44. The molecule has 0 bridgehead atoms. The largest absolute Gasteiger partial charge is 0.417 e. The summed E-state index contributed by atoms with van der Waals surface area (Å²) < 4.78 is 38.6. The molecule has 0 radical (unpaired) electrons. The van der Waals surface area contributed by atoms with Gasteiger partial charge in [-0.25, -0.2) is 4.98 Å². The highest BCUT2D eigenvalue weighted by Gasteiger charge is 2.40. The van der Waals surface area contributed by atoms with Crippen LogP contribution in [0.3, 0.4) is 0 Å². The second-order valence-electron chi connectivity index (χ2n) is 7.35. The Labute approximate surface area is 133 Å². The molecule has 2 aliphatic rings.